The number of hydrogen-bond donors (Lipinski definition) is 2. The fourth-order valence-corrected chi connectivity index (χ4v) is 1.92. The lowest BCUT2D eigenvalue weighted by Gasteiger charge is -2.13. The fourth-order valence-electron chi connectivity index (χ4n) is 1.39. The lowest BCUT2D eigenvalue weighted by molar-refractivity contribution is -0.139. The summed E-state index contributed by atoms with van der Waals surface area (Å²) in [4.78, 5) is 21.6. The van der Waals surface area contributed by atoms with Gasteiger partial charge in [-0.05, 0) is 12.8 Å². The van der Waals surface area contributed by atoms with Gasteiger partial charge < -0.3 is 10.2 Å². The first-order valence-electron chi connectivity index (χ1n) is 5.10. The first-order chi connectivity index (χ1) is 7.51. The molecule has 0 aromatic heterocycles. The van der Waals surface area contributed by atoms with Gasteiger partial charge in [0.2, 0.25) is 0 Å². The van der Waals surface area contributed by atoms with Crippen LogP contribution in [0.15, 0.2) is 0 Å². The maximum Gasteiger partial charge on any atom is 0.303 e. The van der Waals surface area contributed by atoms with Crippen LogP contribution in [-0.4, -0.2) is 31.2 Å². The fraction of sp³-hybridized carbons (Fsp3) is 0.700. The Bertz CT molecular complexity index is 290. The third-order valence-electron chi connectivity index (χ3n) is 2.18. The van der Waals surface area contributed by atoms with Crippen LogP contribution in [0, 0.1) is 5.92 Å². The normalized spacial score (nSPS) is 10.1. The summed E-state index contributed by atoms with van der Waals surface area (Å²) in [5.41, 5.74) is 0. The predicted molar refractivity (Wildman–Crippen MR) is 60.7 cm³/mol. The highest BCUT2D eigenvalue weighted by Crippen LogP contribution is 2.14. The molecule has 0 aromatic rings. The van der Waals surface area contributed by atoms with Gasteiger partial charge in [0.25, 0.3) is 0 Å². The first kappa shape index (κ1) is 14.8. The highest BCUT2D eigenvalue weighted by molar-refractivity contribution is 7.66. The molecular weight excluding hydrogens is 232 g/mol. The predicted octanol–water partition coefficient (Wildman–Crippen LogP) is 1.13. The molecule has 0 saturated carbocycles. The van der Waals surface area contributed by atoms with Crippen molar-refractivity contribution in [3.63, 3.8) is 0 Å². The van der Waals surface area contributed by atoms with Gasteiger partial charge in [-0.3, -0.25) is 9.59 Å². The maximum atomic E-state index is 10.8. The summed E-state index contributed by atoms with van der Waals surface area (Å²) in [6.45, 7) is 1.95. The highest BCUT2D eigenvalue weighted by Gasteiger charge is 2.21. The Balaban J connectivity index is 4.62. The Morgan fingerprint density at radius 3 is 2.00 bits per heavy atom. The molecule has 0 unspecified atom stereocenters. The molecule has 0 aliphatic carbocycles. The highest BCUT2D eigenvalue weighted by atomic mass is 32.1. The van der Waals surface area contributed by atoms with Crippen molar-refractivity contribution in [1.29, 1.82) is 0 Å². The van der Waals surface area contributed by atoms with Gasteiger partial charge in [-0.15, -0.1) is 0 Å². The maximum absolute atomic E-state index is 10.8. The number of carboxylic acids is 2. The van der Waals surface area contributed by atoms with Crippen LogP contribution in [0.3, 0.4) is 0 Å². The monoisotopic (exact) mass is 248 g/mol. The molecule has 0 heterocycles. The Morgan fingerprint density at radius 2 is 1.69 bits per heavy atom. The summed E-state index contributed by atoms with van der Waals surface area (Å²) in [5, 5.41) is 17.3. The minimum atomic E-state index is -1.07. The van der Waals surface area contributed by atoms with Crippen LogP contribution in [0.4, 0.5) is 0 Å². The largest absolute Gasteiger partial charge is 0.481 e. The SMILES string of the molecule is CCCCC(=S=O)C(CC(=O)O)CC(=O)O. The zero-order valence-corrected chi connectivity index (χ0v) is 9.96. The third-order valence-corrected chi connectivity index (χ3v) is 2.93. The quantitative estimate of drug-likeness (QED) is 0.628. The van der Waals surface area contributed by atoms with E-state index in [-0.39, 0.29) is 24.1 Å². The topological polar surface area (TPSA) is 91.7 Å². The van der Waals surface area contributed by atoms with E-state index in [0.717, 1.165) is 12.8 Å². The van der Waals surface area contributed by atoms with Gasteiger partial charge in [0.05, 0.1) is 24.1 Å². The smallest absolute Gasteiger partial charge is 0.303 e. The number of rotatable bonds is 8. The van der Waals surface area contributed by atoms with Crippen molar-refractivity contribution in [2.75, 3.05) is 0 Å². The van der Waals surface area contributed by atoms with Gasteiger partial charge in [-0.1, -0.05) is 13.3 Å². The number of hydrogen-bond acceptors (Lipinski definition) is 3. The molecule has 0 spiro atoms. The average molecular weight is 248 g/mol. The molecule has 92 valence electrons. The molecule has 5 nitrogen and oxygen atoms in total. The Labute approximate surface area is 97.5 Å². The van der Waals surface area contributed by atoms with E-state index in [1.807, 2.05) is 6.92 Å². The van der Waals surface area contributed by atoms with Crippen LogP contribution in [0.2, 0.25) is 0 Å². The standard InChI is InChI=1S/C10H16O5S/c1-2-3-4-8(16-15)7(5-9(11)12)6-10(13)14/h7H,2-6H2,1H3,(H,11,12)(H,13,14). The lowest BCUT2D eigenvalue weighted by Crippen LogP contribution is -2.21. The summed E-state index contributed by atoms with van der Waals surface area (Å²) in [6.07, 6.45) is 1.58. The van der Waals surface area contributed by atoms with Gasteiger partial charge >= 0.3 is 11.9 Å². The summed E-state index contributed by atoms with van der Waals surface area (Å²) in [6, 6.07) is 0. The van der Waals surface area contributed by atoms with Crippen molar-refractivity contribution in [3.8, 4) is 0 Å². The molecular formula is C10H16O5S. The molecule has 2 N–H and O–H groups in total. The van der Waals surface area contributed by atoms with Gasteiger partial charge in [0, 0.05) is 10.8 Å². The molecule has 0 aromatic carbocycles. The number of unbranched alkanes of at least 4 members (excludes halogenated alkanes) is 1. The van der Waals surface area contributed by atoms with Gasteiger partial charge in [0.1, 0.15) is 0 Å². The molecule has 0 bridgehead atoms. The zero-order valence-electron chi connectivity index (χ0n) is 9.14. The Kier molecular flexibility index (Phi) is 7.45. The summed E-state index contributed by atoms with van der Waals surface area (Å²) >= 11 is 0.242. The molecule has 16 heavy (non-hydrogen) atoms. The first-order valence-corrected chi connectivity index (χ1v) is 5.84. The average Bonchev–Trinajstić information content (AvgIpc) is 2.16. The van der Waals surface area contributed by atoms with Crippen LogP contribution in [-0.2, 0) is 20.8 Å². The zero-order chi connectivity index (χ0) is 12.6. The summed E-state index contributed by atoms with van der Waals surface area (Å²) in [7, 11) is 0. The van der Waals surface area contributed by atoms with Crippen LogP contribution < -0.4 is 0 Å². The molecule has 0 aliphatic heterocycles. The molecule has 0 rings (SSSR count). The van der Waals surface area contributed by atoms with Crippen molar-refractivity contribution in [2.24, 2.45) is 5.92 Å². The van der Waals surface area contributed by atoms with Crippen molar-refractivity contribution < 1.29 is 24.0 Å². The molecule has 0 radical (unpaired) electrons. The molecule has 0 atom stereocenters. The molecule has 0 amide bonds. The number of carbonyl (C=O) groups is 2. The van der Waals surface area contributed by atoms with E-state index in [0.29, 0.717) is 11.3 Å². The van der Waals surface area contributed by atoms with E-state index >= 15 is 0 Å². The lowest BCUT2D eigenvalue weighted by atomic mass is 9.94. The van der Waals surface area contributed by atoms with Gasteiger partial charge in [-0.2, -0.15) is 0 Å². The van der Waals surface area contributed by atoms with Crippen molar-refractivity contribution in [3.05, 3.63) is 0 Å². The van der Waals surface area contributed by atoms with E-state index in [1.165, 1.54) is 0 Å². The molecule has 0 fully saturated rings. The van der Waals surface area contributed by atoms with E-state index in [2.05, 4.69) is 0 Å². The van der Waals surface area contributed by atoms with E-state index in [9.17, 15) is 13.8 Å². The van der Waals surface area contributed by atoms with Crippen molar-refractivity contribution in [1.82, 2.24) is 0 Å². The van der Waals surface area contributed by atoms with Crippen LogP contribution in [0.5, 0.6) is 0 Å². The van der Waals surface area contributed by atoms with E-state index < -0.39 is 17.9 Å². The molecule has 6 heteroatoms. The summed E-state index contributed by atoms with van der Waals surface area (Å²) in [5.74, 6) is -2.81. The van der Waals surface area contributed by atoms with Crippen LogP contribution in [0.25, 0.3) is 0 Å². The van der Waals surface area contributed by atoms with Gasteiger partial charge in [-0.25, -0.2) is 4.21 Å². The second kappa shape index (κ2) is 8.04. The van der Waals surface area contributed by atoms with E-state index in [1.54, 1.807) is 0 Å². The molecule has 0 aliphatic rings. The minimum Gasteiger partial charge on any atom is -0.481 e. The number of carboxylic acid groups (broad SMARTS) is 2. The minimum absolute atomic E-state index is 0.242. The second-order valence-corrected chi connectivity index (χ2v) is 4.24. The summed E-state index contributed by atoms with van der Waals surface area (Å²) < 4.78 is 10.8. The Morgan fingerprint density at radius 1 is 1.19 bits per heavy atom. The van der Waals surface area contributed by atoms with Crippen molar-refractivity contribution >= 4 is 28.1 Å². The third kappa shape index (κ3) is 6.34. The Hall–Kier alpha value is -1.17. The second-order valence-electron chi connectivity index (χ2n) is 3.55. The van der Waals surface area contributed by atoms with E-state index in [4.69, 9.17) is 10.2 Å². The van der Waals surface area contributed by atoms with Crippen LogP contribution in [0.1, 0.15) is 39.0 Å². The molecule has 0 saturated heterocycles. The van der Waals surface area contributed by atoms with Gasteiger partial charge in [0.15, 0.2) is 0 Å². The van der Waals surface area contributed by atoms with Crippen molar-refractivity contribution in [2.45, 2.75) is 39.0 Å². The number of aliphatic carboxylic acids is 2. The van der Waals surface area contributed by atoms with Crippen LogP contribution >= 0.6 is 0 Å².